The van der Waals surface area contributed by atoms with E-state index in [0.717, 1.165) is 33.6 Å². The smallest absolute Gasteiger partial charge is 0.229 e. The van der Waals surface area contributed by atoms with Crippen LogP contribution in [-0.4, -0.2) is 9.78 Å². The van der Waals surface area contributed by atoms with Crippen LogP contribution >= 0.6 is 0 Å². The molecule has 5 rings (SSSR count). The van der Waals surface area contributed by atoms with Crippen LogP contribution in [0.2, 0.25) is 0 Å². The molecule has 0 unspecified atom stereocenters. The Kier molecular flexibility index (Phi) is 4.53. The van der Waals surface area contributed by atoms with E-state index in [9.17, 15) is 5.26 Å². The molecular formula is C26H20N4O. The number of aryl methyl sites for hydroxylation is 1. The molecule has 0 fully saturated rings. The lowest BCUT2D eigenvalue weighted by Gasteiger charge is -2.25. The van der Waals surface area contributed by atoms with Gasteiger partial charge < -0.3 is 10.5 Å². The van der Waals surface area contributed by atoms with Crippen molar-refractivity contribution in [3.05, 3.63) is 113 Å². The standard InChI is InChI=1S/C26H20N4O/c1-17-12-14-18(15-13-17)22-21(16-27)25(28)31-26-23(22)24(19-8-4-2-5-9-19)29-30(26)20-10-6-3-7-11-20/h2-15,22H,28H2,1H3/t22-/m0/s1. The van der Waals surface area contributed by atoms with Crippen LogP contribution in [0, 0.1) is 18.3 Å². The van der Waals surface area contributed by atoms with Crippen molar-refractivity contribution in [1.29, 1.82) is 5.26 Å². The van der Waals surface area contributed by atoms with Crippen molar-refractivity contribution < 1.29 is 4.74 Å². The molecule has 0 saturated heterocycles. The zero-order chi connectivity index (χ0) is 21.4. The second kappa shape index (κ2) is 7.51. The molecular weight excluding hydrogens is 384 g/mol. The Bertz CT molecular complexity index is 1310. The summed E-state index contributed by atoms with van der Waals surface area (Å²) < 4.78 is 7.80. The van der Waals surface area contributed by atoms with Crippen LogP contribution in [0.5, 0.6) is 5.88 Å². The predicted octanol–water partition coefficient (Wildman–Crippen LogP) is 5.07. The van der Waals surface area contributed by atoms with Crippen LogP contribution in [0.1, 0.15) is 22.6 Å². The summed E-state index contributed by atoms with van der Waals surface area (Å²) in [5, 5.41) is 14.9. The second-order valence-corrected chi connectivity index (χ2v) is 7.52. The van der Waals surface area contributed by atoms with Gasteiger partial charge in [-0.05, 0) is 24.6 Å². The molecule has 1 aliphatic rings. The number of hydrogen-bond donors (Lipinski definition) is 1. The molecule has 150 valence electrons. The number of aromatic nitrogens is 2. The normalized spacial score (nSPS) is 15.2. The fourth-order valence-electron chi connectivity index (χ4n) is 3.98. The first-order valence-corrected chi connectivity index (χ1v) is 10.1. The Morgan fingerprint density at radius 2 is 1.58 bits per heavy atom. The van der Waals surface area contributed by atoms with Crippen LogP contribution in [0.15, 0.2) is 96.4 Å². The molecule has 0 radical (unpaired) electrons. The quantitative estimate of drug-likeness (QED) is 0.517. The van der Waals surface area contributed by atoms with Crippen molar-refractivity contribution in [2.24, 2.45) is 5.73 Å². The summed E-state index contributed by atoms with van der Waals surface area (Å²) in [5.41, 5.74) is 12.2. The van der Waals surface area contributed by atoms with E-state index in [1.165, 1.54) is 0 Å². The highest BCUT2D eigenvalue weighted by Crippen LogP contribution is 2.47. The van der Waals surface area contributed by atoms with E-state index >= 15 is 0 Å². The summed E-state index contributed by atoms with van der Waals surface area (Å²) in [6.45, 7) is 2.04. The van der Waals surface area contributed by atoms with Crippen molar-refractivity contribution in [2.75, 3.05) is 0 Å². The van der Waals surface area contributed by atoms with Crippen molar-refractivity contribution in [2.45, 2.75) is 12.8 Å². The van der Waals surface area contributed by atoms with Gasteiger partial charge >= 0.3 is 0 Å². The van der Waals surface area contributed by atoms with E-state index in [0.29, 0.717) is 11.5 Å². The van der Waals surface area contributed by atoms with Crippen molar-refractivity contribution in [3.63, 3.8) is 0 Å². The molecule has 2 heterocycles. The zero-order valence-electron chi connectivity index (χ0n) is 17.0. The number of nitrogens with zero attached hydrogens (tertiary/aromatic N) is 3. The Labute approximate surface area is 180 Å². The summed E-state index contributed by atoms with van der Waals surface area (Å²) in [6, 6.07) is 30.2. The highest BCUT2D eigenvalue weighted by Gasteiger charge is 2.37. The molecule has 1 aliphatic heterocycles. The van der Waals surface area contributed by atoms with Crippen molar-refractivity contribution >= 4 is 0 Å². The maximum absolute atomic E-state index is 9.96. The van der Waals surface area contributed by atoms with Gasteiger partial charge in [0.25, 0.3) is 0 Å². The molecule has 0 aliphatic carbocycles. The van der Waals surface area contributed by atoms with Gasteiger partial charge in [-0.25, -0.2) is 0 Å². The van der Waals surface area contributed by atoms with E-state index in [4.69, 9.17) is 15.6 Å². The highest BCUT2D eigenvalue weighted by molar-refractivity contribution is 5.72. The molecule has 31 heavy (non-hydrogen) atoms. The minimum Gasteiger partial charge on any atom is -0.422 e. The average Bonchev–Trinajstić information content (AvgIpc) is 3.19. The number of para-hydroxylation sites is 1. The monoisotopic (exact) mass is 404 g/mol. The Hall–Kier alpha value is -4.30. The molecule has 2 N–H and O–H groups in total. The number of fused-ring (bicyclic) bond motifs is 1. The number of ether oxygens (including phenoxy) is 1. The van der Waals surface area contributed by atoms with Gasteiger partial charge in [-0.15, -0.1) is 0 Å². The molecule has 0 spiro atoms. The highest BCUT2D eigenvalue weighted by atomic mass is 16.5. The van der Waals surface area contributed by atoms with Gasteiger partial charge in [0.1, 0.15) is 17.3 Å². The SMILES string of the molecule is Cc1ccc([C@H]2C(C#N)=C(N)Oc3c2c(-c2ccccc2)nn3-c2ccccc2)cc1. The summed E-state index contributed by atoms with van der Waals surface area (Å²) in [5.74, 6) is 0.270. The summed E-state index contributed by atoms with van der Waals surface area (Å²) >= 11 is 0. The number of benzene rings is 3. The second-order valence-electron chi connectivity index (χ2n) is 7.52. The Balaban J connectivity index is 1.83. The molecule has 4 aromatic rings. The summed E-state index contributed by atoms with van der Waals surface area (Å²) in [4.78, 5) is 0. The van der Waals surface area contributed by atoms with Crippen molar-refractivity contribution in [1.82, 2.24) is 9.78 Å². The van der Waals surface area contributed by atoms with Gasteiger partial charge in [-0.2, -0.15) is 15.0 Å². The minimum atomic E-state index is -0.373. The number of nitrogens with two attached hydrogens (primary N) is 1. The first-order chi connectivity index (χ1) is 15.2. The molecule has 3 aromatic carbocycles. The fraction of sp³-hybridized carbons (Fsp3) is 0.0769. The first-order valence-electron chi connectivity index (χ1n) is 10.1. The molecule has 1 aromatic heterocycles. The van der Waals surface area contributed by atoms with Gasteiger partial charge in [-0.3, -0.25) is 0 Å². The first kappa shape index (κ1) is 18.7. The topological polar surface area (TPSA) is 76.9 Å². The molecule has 0 amide bonds. The zero-order valence-corrected chi connectivity index (χ0v) is 17.0. The molecule has 1 atom stereocenters. The number of allylic oxidation sites excluding steroid dienone is 1. The van der Waals surface area contributed by atoms with Crippen LogP contribution in [0.25, 0.3) is 16.9 Å². The third kappa shape index (κ3) is 3.15. The molecule has 5 heteroatoms. The Morgan fingerprint density at radius 3 is 2.23 bits per heavy atom. The average molecular weight is 404 g/mol. The van der Waals surface area contributed by atoms with E-state index in [2.05, 4.69) is 6.07 Å². The largest absolute Gasteiger partial charge is 0.422 e. The number of hydrogen-bond acceptors (Lipinski definition) is 4. The lowest BCUT2D eigenvalue weighted by Crippen LogP contribution is -2.22. The lowest BCUT2D eigenvalue weighted by atomic mass is 9.83. The third-order valence-corrected chi connectivity index (χ3v) is 5.51. The van der Waals surface area contributed by atoms with Crippen molar-refractivity contribution in [3.8, 4) is 28.9 Å². The summed E-state index contributed by atoms with van der Waals surface area (Å²) in [7, 11) is 0. The van der Waals surface area contributed by atoms with E-state index in [1.807, 2.05) is 91.9 Å². The minimum absolute atomic E-state index is 0.109. The third-order valence-electron chi connectivity index (χ3n) is 5.51. The Morgan fingerprint density at radius 1 is 0.935 bits per heavy atom. The van der Waals surface area contributed by atoms with Gasteiger partial charge in [0.05, 0.1) is 17.2 Å². The van der Waals surface area contributed by atoms with Gasteiger partial charge in [-0.1, -0.05) is 78.4 Å². The number of rotatable bonds is 3. The van der Waals surface area contributed by atoms with Gasteiger partial charge in [0.2, 0.25) is 11.8 Å². The number of nitriles is 1. The fourth-order valence-corrected chi connectivity index (χ4v) is 3.98. The molecule has 0 bridgehead atoms. The van der Waals surface area contributed by atoms with Crippen LogP contribution in [-0.2, 0) is 0 Å². The summed E-state index contributed by atoms with van der Waals surface area (Å²) in [6.07, 6.45) is 0. The van der Waals surface area contributed by atoms with Gasteiger partial charge in [0.15, 0.2) is 0 Å². The van der Waals surface area contributed by atoms with Crippen LogP contribution in [0.3, 0.4) is 0 Å². The lowest BCUT2D eigenvalue weighted by molar-refractivity contribution is 0.367. The maximum Gasteiger partial charge on any atom is 0.229 e. The van der Waals surface area contributed by atoms with Crippen LogP contribution in [0.4, 0.5) is 0 Å². The van der Waals surface area contributed by atoms with E-state index < -0.39 is 0 Å². The molecule has 0 saturated carbocycles. The van der Waals surface area contributed by atoms with E-state index in [-0.39, 0.29) is 11.8 Å². The van der Waals surface area contributed by atoms with Crippen LogP contribution < -0.4 is 10.5 Å². The maximum atomic E-state index is 9.96. The van der Waals surface area contributed by atoms with Gasteiger partial charge in [0, 0.05) is 5.56 Å². The predicted molar refractivity (Wildman–Crippen MR) is 119 cm³/mol. The molecule has 5 nitrogen and oxygen atoms in total. The van der Waals surface area contributed by atoms with E-state index in [1.54, 1.807) is 4.68 Å².